The first-order chi connectivity index (χ1) is 9.74. The zero-order valence-corrected chi connectivity index (χ0v) is 12.3. The number of hydrogen-bond donors (Lipinski definition) is 2. The lowest BCUT2D eigenvalue weighted by atomic mass is 10.2. The first-order valence-corrected chi connectivity index (χ1v) is 6.98. The molecule has 0 unspecified atom stereocenters. The molecule has 0 saturated carbocycles. The number of hydrogen-bond acceptors (Lipinski definition) is 5. The van der Waals surface area contributed by atoms with Gasteiger partial charge in [-0.15, -0.1) is 0 Å². The molecule has 0 atom stereocenters. The minimum atomic E-state index is 0.664. The van der Waals surface area contributed by atoms with Gasteiger partial charge in [0.25, 0.3) is 0 Å². The van der Waals surface area contributed by atoms with Crippen LogP contribution in [-0.4, -0.2) is 21.5 Å². The van der Waals surface area contributed by atoms with Crippen molar-refractivity contribution in [3.63, 3.8) is 0 Å². The van der Waals surface area contributed by atoms with Gasteiger partial charge in [0.1, 0.15) is 18.0 Å². The maximum Gasteiger partial charge on any atom is 0.135 e. The molecule has 5 heteroatoms. The van der Waals surface area contributed by atoms with Crippen molar-refractivity contribution in [3.8, 4) is 0 Å². The van der Waals surface area contributed by atoms with Gasteiger partial charge in [0, 0.05) is 17.8 Å². The molecule has 0 radical (unpaired) electrons. The van der Waals surface area contributed by atoms with Crippen LogP contribution in [0, 0.1) is 6.92 Å². The van der Waals surface area contributed by atoms with Gasteiger partial charge >= 0.3 is 0 Å². The Hall–Kier alpha value is -2.17. The average Bonchev–Trinajstić information content (AvgIpc) is 2.45. The number of aromatic nitrogens is 3. The van der Waals surface area contributed by atoms with Crippen molar-refractivity contribution in [3.05, 3.63) is 41.5 Å². The van der Waals surface area contributed by atoms with Crippen molar-refractivity contribution in [2.24, 2.45) is 0 Å². The molecule has 0 saturated heterocycles. The quantitative estimate of drug-likeness (QED) is 0.846. The highest BCUT2D eigenvalue weighted by molar-refractivity contribution is 5.57. The highest BCUT2D eigenvalue weighted by atomic mass is 15.1. The van der Waals surface area contributed by atoms with Gasteiger partial charge < -0.3 is 10.6 Å². The molecule has 0 aliphatic carbocycles. The van der Waals surface area contributed by atoms with E-state index in [1.807, 2.05) is 25.1 Å². The zero-order valence-electron chi connectivity index (χ0n) is 12.3. The van der Waals surface area contributed by atoms with E-state index in [1.54, 1.807) is 6.33 Å². The Balaban J connectivity index is 2.14. The lowest BCUT2D eigenvalue weighted by Crippen LogP contribution is -2.10. The molecule has 0 spiro atoms. The minimum absolute atomic E-state index is 0.664. The normalized spacial score (nSPS) is 10.3. The van der Waals surface area contributed by atoms with Crippen molar-refractivity contribution < 1.29 is 0 Å². The molecule has 2 aromatic heterocycles. The van der Waals surface area contributed by atoms with Crippen LogP contribution in [0.5, 0.6) is 0 Å². The van der Waals surface area contributed by atoms with E-state index in [4.69, 9.17) is 0 Å². The molecule has 2 heterocycles. The molecule has 2 aromatic rings. The summed E-state index contributed by atoms with van der Waals surface area (Å²) in [5.41, 5.74) is 3.15. The van der Waals surface area contributed by atoms with Crippen LogP contribution < -0.4 is 10.6 Å². The van der Waals surface area contributed by atoms with E-state index < -0.39 is 0 Å². The maximum atomic E-state index is 4.48. The molecule has 5 nitrogen and oxygen atoms in total. The number of nitrogens with one attached hydrogen (secondary N) is 2. The van der Waals surface area contributed by atoms with E-state index in [0.29, 0.717) is 6.54 Å². The molecule has 0 amide bonds. The number of anilines is 2. The Morgan fingerprint density at radius 3 is 2.45 bits per heavy atom. The Morgan fingerprint density at radius 1 is 1.05 bits per heavy atom. The molecule has 2 rings (SSSR count). The average molecular weight is 271 g/mol. The summed E-state index contributed by atoms with van der Waals surface area (Å²) in [4.78, 5) is 13.1. The largest absolute Gasteiger partial charge is 0.370 e. The second-order valence-electron chi connectivity index (χ2n) is 4.56. The predicted molar refractivity (Wildman–Crippen MR) is 81.9 cm³/mol. The second-order valence-corrected chi connectivity index (χ2v) is 4.56. The van der Waals surface area contributed by atoms with Crippen LogP contribution >= 0.6 is 0 Å². The minimum Gasteiger partial charge on any atom is -0.370 e. The molecule has 106 valence electrons. The summed E-state index contributed by atoms with van der Waals surface area (Å²) in [7, 11) is 0. The van der Waals surface area contributed by atoms with Gasteiger partial charge in [-0.2, -0.15) is 0 Å². The summed E-state index contributed by atoms with van der Waals surface area (Å²) in [5.74, 6) is 1.78. The van der Waals surface area contributed by atoms with Gasteiger partial charge in [0.2, 0.25) is 0 Å². The smallest absolute Gasteiger partial charge is 0.135 e. The molecule has 20 heavy (non-hydrogen) atoms. The van der Waals surface area contributed by atoms with Crippen LogP contribution in [0.1, 0.15) is 30.8 Å². The van der Waals surface area contributed by atoms with Gasteiger partial charge in [0.05, 0.1) is 12.2 Å². The SMILES string of the molecule is CCNc1ncnc(NCc2cccc(C)n2)c1CC. The standard InChI is InChI=1S/C15H21N5/c1-4-13-14(16-5-2)18-10-19-15(13)17-9-12-8-6-7-11(3)20-12/h6-8,10H,4-5,9H2,1-3H3,(H2,16,17,18,19). The van der Waals surface area contributed by atoms with Crippen LogP contribution in [0.2, 0.25) is 0 Å². The predicted octanol–water partition coefficient (Wildman–Crippen LogP) is 2.79. The third-order valence-electron chi connectivity index (χ3n) is 3.03. The third kappa shape index (κ3) is 3.44. The highest BCUT2D eigenvalue weighted by Gasteiger charge is 2.09. The van der Waals surface area contributed by atoms with E-state index in [-0.39, 0.29) is 0 Å². The van der Waals surface area contributed by atoms with Crippen LogP contribution in [0.3, 0.4) is 0 Å². The van der Waals surface area contributed by atoms with Crippen LogP contribution in [0.25, 0.3) is 0 Å². The van der Waals surface area contributed by atoms with Crippen molar-refractivity contribution >= 4 is 11.6 Å². The zero-order chi connectivity index (χ0) is 14.4. The lowest BCUT2D eigenvalue weighted by molar-refractivity contribution is 0.969. The molecule has 0 aliphatic rings. The van der Waals surface area contributed by atoms with E-state index in [9.17, 15) is 0 Å². The third-order valence-corrected chi connectivity index (χ3v) is 3.03. The van der Waals surface area contributed by atoms with Gasteiger partial charge in [-0.25, -0.2) is 9.97 Å². The van der Waals surface area contributed by atoms with Gasteiger partial charge in [-0.3, -0.25) is 4.98 Å². The Kier molecular flexibility index (Phi) is 4.87. The van der Waals surface area contributed by atoms with Gasteiger partial charge in [-0.05, 0) is 32.4 Å². The fourth-order valence-electron chi connectivity index (χ4n) is 2.09. The van der Waals surface area contributed by atoms with Gasteiger partial charge in [0.15, 0.2) is 0 Å². The van der Waals surface area contributed by atoms with Crippen molar-refractivity contribution in [2.45, 2.75) is 33.7 Å². The Labute approximate surface area is 119 Å². The number of nitrogens with zero attached hydrogens (tertiary/aromatic N) is 3. The summed E-state index contributed by atoms with van der Waals surface area (Å²) in [6.45, 7) is 7.68. The maximum absolute atomic E-state index is 4.48. The monoisotopic (exact) mass is 271 g/mol. The molecule has 2 N–H and O–H groups in total. The second kappa shape index (κ2) is 6.84. The van der Waals surface area contributed by atoms with Crippen molar-refractivity contribution in [1.82, 2.24) is 15.0 Å². The number of aryl methyl sites for hydroxylation is 1. The van der Waals surface area contributed by atoms with Crippen LogP contribution in [-0.2, 0) is 13.0 Å². The topological polar surface area (TPSA) is 62.7 Å². The van der Waals surface area contributed by atoms with Crippen LogP contribution in [0.15, 0.2) is 24.5 Å². The molecular formula is C15H21N5. The van der Waals surface area contributed by atoms with E-state index >= 15 is 0 Å². The van der Waals surface area contributed by atoms with E-state index in [2.05, 4.69) is 39.4 Å². The molecule has 0 aliphatic heterocycles. The van der Waals surface area contributed by atoms with E-state index in [1.165, 1.54) is 0 Å². The fraction of sp³-hybridized carbons (Fsp3) is 0.400. The van der Waals surface area contributed by atoms with Gasteiger partial charge in [-0.1, -0.05) is 13.0 Å². The summed E-state index contributed by atoms with van der Waals surface area (Å²) in [6.07, 6.45) is 2.47. The molecular weight excluding hydrogens is 250 g/mol. The van der Waals surface area contributed by atoms with Crippen molar-refractivity contribution in [1.29, 1.82) is 0 Å². The summed E-state index contributed by atoms with van der Waals surface area (Å²) in [5, 5.41) is 6.62. The number of pyridine rings is 1. The molecule has 0 bridgehead atoms. The van der Waals surface area contributed by atoms with Crippen molar-refractivity contribution in [2.75, 3.05) is 17.2 Å². The first-order valence-electron chi connectivity index (χ1n) is 6.98. The highest BCUT2D eigenvalue weighted by Crippen LogP contribution is 2.20. The first kappa shape index (κ1) is 14.2. The molecule has 0 aromatic carbocycles. The lowest BCUT2D eigenvalue weighted by Gasteiger charge is -2.13. The summed E-state index contributed by atoms with van der Waals surface area (Å²) >= 11 is 0. The Bertz CT molecular complexity index is 568. The summed E-state index contributed by atoms with van der Waals surface area (Å²) in [6, 6.07) is 6.02. The van der Waals surface area contributed by atoms with E-state index in [0.717, 1.165) is 41.6 Å². The Morgan fingerprint density at radius 2 is 1.80 bits per heavy atom. The summed E-state index contributed by atoms with van der Waals surface area (Å²) < 4.78 is 0. The molecule has 0 fully saturated rings. The fourth-order valence-corrected chi connectivity index (χ4v) is 2.09. The number of rotatable bonds is 6. The van der Waals surface area contributed by atoms with Crippen LogP contribution in [0.4, 0.5) is 11.6 Å².